The Bertz CT molecular complexity index is 1080. The van der Waals surface area contributed by atoms with E-state index in [9.17, 15) is 14.7 Å². The molecule has 9 heteroatoms. The summed E-state index contributed by atoms with van der Waals surface area (Å²) < 4.78 is 5.54. The molecular weight excluding hydrogens is 423 g/mol. The molecule has 0 aliphatic carbocycles. The molecule has 1 heterocycles. The van der Waals surface area contributed by atoms with Crippen LogP contribution < -0.4 is 10.6 Å². The highest BCUT2D eigenvalue weighted by molar-refractivity contribution is 7.80. The molecule has 1 amide bonds. The molecule has 1 aromatic heterocycles. The van der Waals surface area contributed by atoms with Gasteiger partial charge in [-0.15, -0.1) is 0 Å². The maximum atomic E-state index is 12.4. The van der Waals surface area contributed by atoms with Crippen LogP contribution in [-0.2, 0) is 0 Å². The van der Waals surface area contributed by atoms with Gasteiger partial charge in [0.1, 0.15) is 5.76 Å². The zero-order chi connectivity index (χ0) is 20.3. The minimum Gasteiger partial charge on any atom is -0.478 e. The monoisotopic (exact) mass is 434 g/mol. The van der Waals surface area contributed by atoms with Crippen molar-refractivity contribution >= 4 is 58.1 Å². The first-order valence-electron chi connectivity index (χ1n) is 7.85. The van der Waals surface area contributed by atoms with Crippen molar-refractivity contribution in [2.24, 2.45) is 0 Å². The Hall–Kier alpha value is -2.87. The van der Waals surface area contributed by atoms with E-state index in [-0.39, 0.29) is 22.1 Å². The van der Waals surface area contributed by atoms with Crippen LogP contribution in [-0.4, -0.2) is 22.1 Å². The van der Waals surface area contributed by atoms with Crippen LogP contribution in [0.5, 0.6) is 0 Å². The fraction of sp³-hybridized carbons (Fsp3) is 0. The summed E-state index contributed by atoms with van der Waals surface area (Å²) in [6, 6.07) is 14.1. The molecule has 0 atom stereocenters. The highest BCUT2D eigenvalue weighted by Gasteiger charge is 2.16. The van der Waals surface area contributed by atoms with Gasteiger partial charge in [-0.2, -0.15) is 0 Å². The summed E-state index contributed by atoms with van der Waals surface area (Å²) >= 11 is 17.2. The smallest absolute Gasteiger partial charge is 0.337 e. The Balaban J connectivity index is 1.72. The predicted octanol–water partition coefficient (Wildman–Crippen LogP) is 5.08. The van der Waals surface area contributed by atoms with Crippen molar-refractivity contribution < 1.29 is 19.1 Å². The quantitative estimate of drug-likeness (QED) is 0.496. The Labute approximate surface area is 175 Å². The van der Waals surface area contributed by atoms with E-state index in [0.29, 0.717) is 21.4 Å². The second-order valence-corrected chi connectivity index (χ2v) is 6.80. The number of hydrogen-bond donors (Lipinski definition) is 3. The van der Waals surface area contributed by atoms with Gasteiger partial charge in [0.05, 0.1) is 16.3 Å². The van der Waals surface area contributed by atoms with E-state index in [1.807, 2.05) is 0 Å². The van der Waals surface area contributed by atoms with Gasteiger partial charge in [0.25, 0.3) is 5.91 Å². The number of aromatic carboxylic acids is 1. The average molecular weight is 435 g/mol. The molecule has 3 aromatic rings. The van der Waals surface area contributed by atoms with E-state index in [1.165, 1.54) is 18.2 Å². The van der Waals surface area contributed by atoms with Gasteiger partial charge in [0, 0.05) is 10.6 Å². The number of hydrogen-bond acceptors (Lipinski definition) is 4. The fourth-order valence-electron chi connectivity index (χ4n) is 2.39. The van der Waals surface area contributed by atoms with Gasteiger partial charge in [0.15, 0.2) is 10.9 Å². The molecule has 0 aliphatic rings. The number of carboxylic acid groups (broad SMARTS) is 1. The molecule has 3 N–H and O–H groups in total. The highest BCUT2D eigenvalue weighted by Crippen LogP contribution is 2.31. The number of thiocarbonyl (C=S) groups is 1. The zero-order valence-electron chi connectivity index (χ0n) is 14.0. The summed E-state index contributed by atoms with van der Waals surface area (Å²) in [4.78, 5) is 23.6. The van der Waals surface area contributed by atoms with Crippen LogP contribution in [0, 0.1) is 0 Å². The van der Waals surface area contributed by atoms with Gasteiger partial charge in [-0.3, -0.25) is 10.1 Å². The molecule has 6 nitrogen and oxygen atoms in total. The number of furan rings is 1. The molecule has 0 fully saturated rings. The highest BCUT2D eigenvalue weighted by atomic mass is 35.5. The third-order valence-corrected chi connectivity index (χ3v) is 4.43. The maximum absolute atomic E-state index is 12.4. The predicted molar refractivity (Wildman–Crippen MR) is 111 cm³/mol. The largest absolute Gasteiger partial charge is 0.478 e. The second kappa shape index (κ2) is 8.43. The van der Waals surface area contributed by atoms with Gasteiger partial charge in [-0.25, -0.2) is 4.79 Å². The van der Waals surface area contributed by atoms with Crippen LogP contribution in [0.1, 0.15) is 20.9 Å². The van der Waals surface area contributed by atoms with Crippen molar-refractivity contribution in [1.29, 1.82) is 0 Å². The van der Waals surface area contributed by atoms with E-state index in [2.05, 4.69) is 10.6 Å². The van der Waals surface area contributed by atoms with E-state index < -0.39 is 11.9 Å². The molecule has 0 bridgehead atoms. The Kier molecular flexibility index (Phi) is 5.99. The van der Waals surface area contributed by atoms with Crippen LogP contribution in [0.15, 0.2) is 59.0 Å². The molecule has 142 valence electrons. The number of rotatable bonds is 4. The summed E-state index contributed by atoms with van der Waals surface area (Å²) in [7, 11) is 0. The molecule has 3 rings (SSSR count). The summed E-state index contributed by atoms with van der Waals surface area (Å²) in [5, 5.41) is 15.1. The van der Waals surface area contributed by atoms with E-state index in [1.54, 1.807) is 36.4 Å². The van der Waals surface area contributed by atoms with E-state index in [4.69, 9.17) is 39.8 Å². The standard InChI is InChI=1S/C19H12Cl2N2O4S/c20-10-5-6-13(21)12(9-10)15-7-8-16(27-15)17(24)23-19(28)22-14-4-2-1-3-11(14)18(25)26/h1-9H,(H,25,26)(H2,22,23,24,28). The lowest BCUT2D eigenvalue weighted by molar-refractivity contribution is 0.0698. The zero-order valence-corrected chi connectivity index (χ0v) is 16.4. The number of anilines is 1. The lowest BCUT2D eigenvalue weighted by atomic mass is 10.2. The fourth-order valence-corrected chi connectivity index (χ4v) is 2.97. The van der Waals surface area contributed by atoms with Crippen LogP contribution in [0.4, 0.5) is 5.69 Å². The van der Waals surface area contributed by atoms with Crippen molar-refractivity contribution in [2.75, 3.05) is 5.32 Å². The number of halogens is 2. The van der Waals surface area contributed by atoms with Gasteiger partial charge < -0.3 is 14.8 Å². The average Bonchev–Trinajstić information content (AvgIpc) is 3.14. The van der Waals surface area contributed by atoms with Gasteiger partial charge >= 0.3 is 5.97 Å². The molecule has 0 unspecified atom stereocenters. The maximum Gasteiger partial charge on any atom is 0.337 e. The second-order valence-electron chi connectivity index (χ2n) is 5.55. The molecule has 0 radical (unpaired) electrons. The first kappa shape index (κ1) is 19.9. The number of carbonyl (C=O) groups excluding carboxylic acids is 1. The van der Waals surface area contributed by atoms with Crippen molar-refractivity contribution in [2.45, 2.75) is 0 Å². The number of nitrogens with one attached hydrogen (secondary N) is 2. The van der Waals surface area contributed by atoms with Crippen molar-refractivity contribution in [3.63, 3.8) is 0 Å². The Morgan fingerprint density at radius 3 is 2.54 bits per heavy atom. The molecule has 0 saturated carbocycles. The molecular formula is C19H12Cl2N2O4S. The number of benzene rings is 2. The Morgan fingerprint density at radius 2 is 1.79 bits per heavy atom. The van der Waals surface area contributed by atoms with Crippen LogP contribution in [0.2, 0.25) is 10.0 Å². The van der Waals surface area contributed by atoms with Gasteiger partial charge in [-0.1, -0.05) is 35.3 Å². The first-order valence-corrected chi connectivity index (χ1v) is 9.01. The van der Waals surface area contributed by atoms with Gasteiger partial charge in [-0.05, 0) is 54.7 Å². The van der Waals surface area contributed by atoms with Crippen molar-refractivity contribution in [3.05, 3.63) is 76.0 Å². The third kappa shape index (κ3) is 4.51. The first-order chi connectivity index (χ1) is 13.3. The molecule has 2 aromatic carbocycles. The number of para-hydroxylation sites is 1. The van der Waals surface area contributed by atoms with Crippen LogP contribution in [0.3, 0.4) is 0 Å². The van der Waals surface area contributed by atoms with Crippen LogP contribution in [0.25, 0.3) is 11.3 Å². The molecule has 28 heavy (non-hydrogen) atoms. The van der Waals surface area contributed by atoms with Gasteiger partial charge in [0.2, 0.25) is 0 Å². The summed E-state index contributed by atoms with van der Waals surface area (Å²) in [6.45, 7) is 0. The van der Waals surface area contributed by atoms with Crippen molar-refractivity contribution in [1.82, 2.24) is 5.32 Å². The van der Waals surface area contributed by atoms with E-state index >= 15 is 0 Å². The third-order valence-electron chi connectivity index (χ3n) is 3.66. The van der Waals surface area contributed by atoms with Crippen molar-refractivity contribution in [3.8, 4) is 11.3 Å². The Morgan fingerprint density at radius 1 is 1.04 bits per heavy atom. The molecule has 0 saturated heterocycles. The summed E-state index contributed by atoms with van der Waals surface area (Å²) in [6.07, 6.45) is 0. The number of carbonyl (C=O) groups is 2. The summed E-state index contributed by atoms with van der Waals surface area (Å²) in [5.41, 5.74) is 0.824. The lowest BCUT2D eigenvalue weighted by Crippen LogP contribution is -2.34. The summed E-state index contributed by atoms with van der Waals surface area (Å²) in [5.74, 6) is -1.35. The molecule has 0 aliphatic heterocycles. The number of amides is 1. The minimum atomic E-state index is -1.12. The van der Waals surface area contributed by atoms with Crippen LogP contribution >= 0.6 is 35.4 Å². The topological polar surface area (TPSA) is 91.6 Å². The van der Waals surface area contributed by atoms with E-state index in [0.717, 1.165) is 0 Å². The lowest BCUT2D eigenvalue weighted by Gasteiger charge is -2.10. The molecule has 0 spiro atoms. The minimum absolute atomic E-state index is 0.00159. The number of carboxylic acids is 1. The SMILES string of the molecule is O=C(NC(=S)Nc1ccccc1C(=O)O)c1ccc(-c2cc(Cl)ccc2Cl)o1. The normalized spacial score (nSPS) is 10.4.